The second-order valence-corrected chi connectivity index (χ2v) is 1.74. The summed E-state index contributed by atoms with van der Waals surface area (Å²) in [6.07, 6.45) is 0.622. The Hall–Kier alpha value is -0.990. The van der Waals surface area contributed by atoms with Gasteiger partial charge in [0.25, 0.3) is 0 Å². The van der Waals surface area contributed by atoms with Gasteiger partial charge in [0.15, 0.2) is 0 Å². The third-order valence-corrected chi connectivity index (χ3v) is 0.676. The lowest BCUT2D eigenvalue weighted by Gasteiger charge is -1.86. The van der Waals surface area contributed by atoms with Crippen molar-refractivity contribution in [2.24, 2.45) is 10.2 Å². The molecule has 0 fully saturated rings. The normalized spacial score (nSPS) is 10.0. The average Bonchev–Trinajstić information content (AvgIpc) is 1.83. The van der Waals surface area contributed by atoms with E-state index in [9.17, 15) is 0 Å². The van der Waals surface area contributed by atoms with E-state index in [2.05, 4.69) is 16.8 Å². The van der Waals surface area contributed by atoms with E-state index in [0.29, 0.717) is 12.1 Å². The third kappa shape index (κ3) is 4.87. The smallest absolute Gasteiger partial charge is 0.143 e. The van der Waals surface area contributed by atoms with Crippen molar-refractivity contribution in [3.63, 3.8) is 0 Å². The topological polar surface area (TPSA) is 48.6 Å². The SMILES string of the molecule is C=C(C)N=NC(=N)CC. The van der Waals surface area contributed by atoms with Crippen LogP contribution in [0, 0.1) is 5.41 Å². The Labute approximate surface area is 55.0 Å². The van der Waals surface area contributed by atoms with Gasteiger partial charge in [-0.05, 0) is 6.92 Å². The first-order valence-corrected chi connectivity index (χ1v) is 2.81. The van der Waals surface area contributed by atoms with E-state index in [4.69, 9.17) is 5.41 Å². The summed E-state index contributed by atoms with van der Waals surface area (Å²) >= 11 is 0. The Bertz CT molecular complexity index is 146. The minimum atomic E-state index is 0.290. The lowest BCUT2D eigenvalue weighted by molar-refractivity contribution is 1.10. The molecule has 0 amide bonds. The molecule has 0 heterocycles. The van der Waals surface area contributed by atoms with Crippen molar-refractivity contribution in [3.8, 4) is 0 Å². The zero-order valence-corrected chi connectivity index (χ0v) is 5.81. The van der Waals surface area contributed by atoms with E-state index < -0.39 is 0 Å². The van der Waals surface area contributed by atoms with E-state index in [1.807, 2.05) is 6.92 Å². The number of allylic oxidation sites excluding steroid dienone is 1. The zero-order chi connectivity index (χ0) is 7.28. The largest absolute Gasteiger partial charge is 0.285 e. The molecule has 0 aromatic heterocycles. The zero-order valence-electron chi connectivity index (χ0n) is 5.81. The number of nitrogens with zero attached hydrogens (tertiary/aromatic N) is 2. The number of hydrogen-bond donors (Lipinski definition) is 1. The van der Waals surface area contributed by atoms with Gasteiger partial charge in [0.2, 0.25) is 0 Å². The fourth-order valence-corrected chi connectivity index (χ4v) is 0.216. The van der Waals surface area contributed by atoms with Crippen LogP contribution >= 0.6 is 0 Å². The van der Waals surface area contributed by atoms with E-state index in [1.165, 1.54) is 0 Å². The van der Waals surface area contributed by atoms with Gasteiger partial charge in [-0.15, -0.1) is 5.11 Å². The van der Waals surface area contributed by atoms with Crippen LogP contribution in [0.25, 0.3) is 0 Å². The molecular formula is C6H11N3. The molecule has 3 heteroatoms. The molecule has 0 unspecified atom stereocenters. The molecule has 0 saturated heterocycles. The molecule has 3 nitrogen and oxygen atoms in total. The summed E-state index contributed by atoms with van der Waals surface area (Å²) in [6.45, 7) is 7.11. The molecule has 0 aliphatic carbocycles. The van der Waals surface area contributed by atoms with E-state index in [1.54, 1.807) is 6.92 Å². The van der Waals surface area contributed by atoms with Crippen molar-refractivity contribution >= 4 is 5.84 Å². The molecule has 0 spiro atoms. The lowest BCUT2D eigenvalue weighted by atomic mass is 10.5. The van der Waals surface area contributed by atoms with Crippen molar-refractivity contribution in [1.82, 2.24) is 0 Å². The maximum atomic E-state index is 7.03. The highest BCUT2D eigenvalue weighted by molar-refractivity contribution is 5.78. The highest BCUT2D eigenvalue weighted by atomic mass is 15.1. The predicted octanol–water partition coefficient (Wildman–Crippen LogP) is 2.36. The first-order valence-electron chi connectivity index (χ1n) is 2.81. The van der Waals surface area contributed by atoms with Crippen LogP contribution in [0.2, 0.25) is 0 Å². The molecule has 0 rings (SSSR count). The lowest BCUT2D eigenvalue weighted by Crippen LogP contribution is -1.84. The van der Waals surface area contributed by atoms with Crippen molar-refractivity contribution in [2.45, 2.75) is 20.3 Å². The van der Waals surface area contributed by atoms with Crippen LogP contribution in [-0.2, 0) is 0 Å². The van der Waals surface area contributed by atoms with Gasteiger partial charge >= 0.3 is 0 Å². The van der Waals surface area contributed by atoms with Crippen LogP contribution in [-0.4, -0.2) is 5.84 Å². The third-order valence-electron chi connectivity index (χ3n) is 0.676. The van der Waals surface area contributed by atoms with Gasteiger partial charge in [0, 0.05) is 6.42 Å². The maximum absolute atomic E-state index is 7.03. The molecule has 0 atom stereocenters. The van der Waals surface area contributed by atoms with E-state index >= 15 is 0 Å². The standard InChI is InChI=1S/C6H11N3/c1-4-6(7)9-8-5(2)3/h7H,2,4H2,1,3H3. The number of amidine groups is 1. The van der Waals surface area contributed by atoms with Gasteiger partial charge in [-0.2, -0.15) is 5.11 Å². The van der Waals surface area contributed by atoms with Crippen molar-refractivity contribution in [2.75, 3.05) is 0 Å². The quantitative estimate of drug-likeness (QED) is 0.334. The maximum Gasteiger partial charge on any atom is 0.143 e. The van der Waals surface area contributed by atoms with Gasteiger partial charge in [0.1, 0.15) is 5.84 Å². The molecule has 1 N–H and O–H groups in total. The highest BCUT2D eigenvalue weighted by Gasteiger charge is 1.84. The van der Waals surface area contributed by atoms with E-state index in [-0.39, 0.29) is 5.84 Å². The van der Waals surface area contributed by atoms with Gasteiger partial charge < -0.3 is 0 Å². The second-order valence-electron chi connectivity index (χ2n) is 1.74. The van der Waals surface area contributed by atoms with Gasteiger partial charge in [-0.3, -0.25) is 5.41 Å². The van der Waals surface area contributed by atoms with Crippen LogP contribution in [0.5, 0.6) is 0 Å². The Morgan fingerprint density at radius 1 is 1.56 bits per heavy atom. The molecule has 0 bridgehead atoms. The summed E-state index contributed by atoms with van der Waals surface area (Å²) in [5.41, 5.74) is 0.633. The van der Waals surface area contributed by atoms with E-state index in [0.717, 1.165) is 0 Å². The van der Waals surface area contributed by atoms with Crippen molar-refractivity contribution in [1.29, 1.82) is 5.41 Å². The molecule has 0 saturated carbocycles. The molecule has 0 aliphatic heterocycles. The minimum absolute atomic E-state index is 0.290. The molecule has 0 aliphatic rings. The van der Waals surface area contributed by atoms with Crippen LogP contribution < -0.4 is 0 Å². The van der Waals surface area contributed by atoms with Crippen LogP contribution in [0.4, 0.5) is 0 Å². The highest BCUT2D eigenvalue weighted by Crippen LogP contribution is 1.92. The van der Waals surface area contributed by atoms with Crippen LogP contribution in [0.15, 0.2) is 22.5 Å². The Morgan fingerprint density at radius 2 is 2.11 bits per heavy atom. The van der Waals surface area contributed by atoms with Crippen molar-refractivity contribution < 1.29 is 0 Å². The first-order chi connectivity index (χ1) is 4.16. The number of hydrogen-bond acceptors (Lipinski definition) is 2. The monoisotopic (exact) mass is 125 g/mol. The molecule has 0 aromatic rings. The molecular weight excluding hydrogens is 114 g/mol. The van der Waals surface area contributed by atoms with Crippen molar-refractivity contribution in [3.05, 3.63) is 12.3 Å². The fourth-order valence-electron chi connectivity index (χ4n) is 0.216. The molecule has 50 valence electrons. The summed E-state index contributed by atoms with van der Waals surface area (Å²) < 4.78 is 0. The van der Waals surface area contributed by atoms with Crippen LogP contribution in [0.3, 0.4) is 0 Å². The Morgan fingerprint density at radius 3 is 2.44 bits per heavy atom. The number of nitrogens with one attached hydrogen (secondary N) is 1. The number of azo groups is 1. The fraction of sp³-hybridized carbons (Fsp3) is 0.500. The second kappa shape index (κ2) is 3.95. The van der Waals surface area contributed by atoms with Gasteiger partial charge in [-0.25, -0.2) is 0 Å². The summed E-state index contributed by atoms with van der Waals surface area (Å²) in [5.74, 6) is 0.290. The minimum Gasteiger partial charge on any atom is -0.285 e. The first kappa shape index (κ1) is 8.01. The van der Waals surface area contributed by atoms with Gasteiger partial charge in [0.05, 0.1) is 5.70 Å². The molecule has 0 radical (unpaired) electrons. The summed E-state index contributed by atoms with van der Waals surface area (Å²) in [7, 11) is 0. The Kier molecular flexibility index (Phi) is 3.51. The Balaban J connectivity index is 3.71. The predicted molar refractivity (Wildman–Crippen MR) is 37.7 cm³/mol. The van der Waals surface area contributed by atoms with Crippen LogP contribution in [0.1, 0.15) is 20.3 Å². The van der Waals surface area contributed by atoms with Gasteiger partial charge in [-0.1, -0.05) is 13.5 Å². The number of rotatable bonds is 2. The molecule has 0 aromatic carbocycles. The summed E-state index contributed by atoms with van der Waals surface area (Å²) in [5, 5.41) is 14.2. The summed E-state index contributed by atoms with van der Waals surface area (Å²) in [6, 6.07) is 0. The summed E-state index contributed by atoms with van der Waals surface area (Å²) in [4.78, 5) is 0. The average molecular weight is 125 g/mol. The molecule has 9 heavy (non-hydrogen) atoms.